The molecule has 3 rings (SSSR count). The van der Waals surface area contributed by atoms with E-state index in [9.17, 15) is 4.79 Å². The molecule has 0 saturated carbocycles. The first-order chi connectivity index (χ1) is 12.1. The second-order valence-corrected chi connectivity index (χ2v) is 6.49. The van der Waals surface area contributed by atoms with Crippen LogP contribution < -0.4 is 15.0 Å². The zero-order valence-electron chi connectivity index (χ0n) is 13.8. The minimum absolute atomic E-state index is 0.109. The third-order valence-electron chi connectivity index (χ3n) is 4.18. The Kier molecular flexibility index (Phi) is 5.56. The number of anilines is 2. The lowest BCUT2D eigenvalue weighted by atomic mass is 10.2. The lowest BCUT2D eigenvalue weighted by molar-refractivity contribution is 0.208. The largest absolute Gasteiger partial charge is 0.497 e. The maximum atomic E-state index is 12.4. The van der Waals surface area contributed by atoms with Crippen molar-refractivity contribution in [3.63, 3.8) is 0 Å². The summed E-state index contributed by atoms with van der Waals surface area (Å²) in [7, 11) is 1.61. The Hall–Kier alpha value is -2.11. The molecule has 1 heterocycles. The number of halogens is 2. The number of amides is 2. The van der Waals surface area contributed by atoms with Gasteiger partial charge in [0.15, 0.2) is 0 Å². The highest BCUT2D eigenvalue weighted by atomic mass is 35.5. The summed E-state index contributed by atoms with van der Waals surface area (Å²) in [6.45, 7) is 2.64. The van der Waals surface area contributed by atoms with Crippen molar-refractivity contribution >= 4 is 40.6 Å². The first-order valence-electron chi connectivity index (χ1n) is 7.97. The van der Waals surface area contributed by atoms with Gasteiger partial charge in [-0.25, -0.2) is 4.79 Å². The average molecular weight is 380 g/mol. The van der Waals surface area contributed by atoms with E-state index in [2.05, 4.69) is 10.2 Å². The van der Waals surface area contributed by atoms with Crippen molar-refractivity contribution in [3.05, 3.63) is 52.5 Å². The van der Waals surface area contributed by atoms with Crippen molar-refractivity contribution in [2.45, 2.75) is 0 Å². The van der Waals surface area contributed by atoms with Gasteiger partial charge in [-0.2, -0.15) is 0 Å². The van der Waals surface area contributed by atoms with Crippen LogP contribution >= 0.6 is 23.2 Å². The number of urea groups is 1. The molecule has 0 bridgehead atoms. The minimum Gasteiger partial charge on any atom is -0.497 e. The van der Waals surface area contributed by atoms with E-state index in [1.54, 1.807) is 18.1 Å². The number of carbonyl (C=O) groups is 1. The van der Waals surface area contributed by atoms with Crippen LogP contribution in [0.15, 0.2) is 42.5 Å². The van der Waals surface area contributed by atoms with E-state index in [0.717, 1.165) is 17.1 Å². The van der Waals surface area contributed by atoms with Crippen LogP contribution in [0.2, 0.25) is 10.0 Å². The fourth-order valence-corrected chi connectivity index (χ4v) is 3.18. The van der Waals surface area contributed by atoms with Gasteiger partial charge in [-0.1, -0.05) is 29.3 Å². The Morgan fingerprint density at radius 1 is 1.04 bits per heavy atom. The number of ether oxygens (including phenoxy) is 1. The highest BCUT2D eigenvalue weighted by molar-refractivity contribution is 6.43. The van der Waals surface area contributed by atoms with Crippen LogP contribution in [-0.4, -0.2) is 44.2 Å². The van der Waals surface area contributed by atoms with E-state index in [0.29, 0.717) is 36.2 Å². The molecule has 5 nitrogen and oxygen atoms in total. The van der Waals surface area contributed by atoms with E-state index in [-0.39, 0.29) is 6.03 Å². The molecule has 0 spiro atoms. The monoisotopic (exact) mass is 379 g/mol. The molecule has 132 valence electrons. The van der Waals surface area contributed by atoms with Gasteiger partial charge < -0.3 is 19.9 Å². The third-order valence-corrected chi connectivity index (χ3v) is 4.99. The number of hydrogen-bond acceptors (Lipinski definition) is 3. The number of methoxy groups -OCH3 is 1. The molecule has 1 aliphatic heterocycles. The van der Waals surface area contributed by atoms with Crippen LogP contribution in [-0.2, 0) is 0 Å². The predicted octanol–water partition coefficient (Wildman–Crippen LogP) is 4.36. The highest BCUT2D eigenvalue weighted by Crippen LogP contribution is 2.32. The fraction of sp³-hybridized carbons (Fsp3) is 0.278. The fourth-order valence-electron chi connectivity index (χ4n) is 2.76. The van der Waals surface area contributed by atoms with Crippen LogP contribution in [0.3, 0.4) is 0 Å². The minimum atomic E-state index is -0.109. The Labute approximate surface area is 157 Å². The summed E-state index contributed by atoms with van der Waals surface area (Å²) in [5.41, 5.74) is 1.65. The van der Waals surface area contributed by atoms with Gasteiger partial charge >= 0.3 is 6.03 Å². The number of carbonyl (C=O) groups excluding carboxylic acids is 1. The van der Waals surface area contributed by atoms with Crippen molar-refractivity contribution in [3.8, 4) is 5.75 Å². The van der Waals surface area contributed by atoms with Gasteiger partial charge in [-0.15, -0.1) is 0 Å². The van der Waals surface area contributed by atoms with Crippen LogP contribution in [0.5, 0.6) is 5.75 Å². The Morgan fingerprint density at radius 3 is 2.36 bits per heavy atom. The van der Waals surface area contributed by atoms with Crippen molar-refractivity contribution < 1.29 is 9.53 Å². The molecule has 2 aromatic rings. The van der Waals surface area contributed by atoms with Crippen LogP contribution in [0.25, 0.3) is 0 Å². The second-order valence-electron chi connectivity index (χ2n) is 5.71. The molecule has 0 unspecified atom stereocenters. The maximum absolute atomic E-state index is 12.4. The summed E-state index contributed by atoms with van der Waals surface area (Å²) in [5.74, 6) is 0.755. The van der Waals surface area contributed by atoms with Crippen molar-refractivity contribution in [2.75, 3.05) is 43.5 Å². The summed E-state index contributed by atoms with van der Waals surface area (Å²) in [6, 6.07) is 12.8. The summed E-state index contributed by atoms with van der Waals surface area (Å²) in [6.07, 6.45) is 0. The highest BCUT2D eigenvalue weighted by Gasteiger charge is 2.23. The van der Waals surface area contributed by atoms with E-state index in [4.69, 9.17) is 27.9 Å². The molecular formula is C18H19Cl2N3O2. The molecule has 7 heteroatoms. The second kappa shape index (κ2) is 7.85. The molecule has 1 aliphatic rings. The molecule has 1 fully saturated rings. The number of benzene rings is 2. The van der Waals surface area contributed by atoms with Gasteiger partial charge in [0.1, 0.15) is 5.75 Å². The summed E-state index contributed by atoms with van der Waals surface area (Å²) in [4.78, 5) is 16.3. The summed E-state index contributed by atoms with van der Waals surface area (Å²) >= 11 is 12.4. The quantitative estimate of drug-likeness (QED) is 0.861. The molecule has 0 aromatic heterocycles. The lowest BCUT2D eigenvalue weighted by Gasteiger charge is -2.36. The first-order valence-corrected chi connectivity index (χ1v) is 8.73. The van der Waals surface area contributed by atoms with E-state index in [1.807, 2.05) is 36.4 Å². The van der Waals surface area contributed by atoms with Crippen LogP contribution in [0.1, 0.15) is 0 Å². The number of nitrogens with one attached hydrogen (secondary N) is 1. The predicted molar refractivity (Wildman–Crippen MR) is 102 cm³/mol. The van der Waals surface area contributed by atoms with Gasteiger partial charge in [0.25, 0.3) is 0 Å². The summed E-state index contributed by atoms with van der Waals surface area (Å²) < 4.78 is 5.11. The normalized spacial score (nSPS) is 14.4. The zero-order valence-corrected chi connectivity index (χ0v) is 15.3. The van der Waals surface area contributed by atoms with Crippen LogP contribution in [0.4, 0.5) is 16.2 Å². The van der Waals surface area contributed by atoms with E-state index >= 15 is 0 Å². The van der Waals surface area contributed by atoms with Gasteiger partial charge in [-0.05, 0) is 36.4 Å². The van der Waals surface area contributed by atoms with Crippen molar-refractivity contribution in [2.24, 2.45) is 0 Å². The van der Waals surface area contributed by atoms with Gasteiger partial charge in [-0.3, -0.25) is 0 Å². The molecular weight excluding hydrogens is 361 g/mol. The van der Waals surface area contributed by atoms with Crippen LogP contribution in [0, 0.1) is 0 Å². The van der Waals surface area contributed by atoms with Gasteiger partial charge in [0.05, 0.1) is 22.8 Å². The zero-order chi connectivity index (χ0) is 17.8. The third kappa shape index (κ3) is 4.11. The Morgan fingerprint density at radius 2 is 1.72 bits per heavy atom. The average Bonchev–Trinajstić information content (AvgIpc) is 2.65. The molecule has 25 heavy (non-hydrogen) atoms. The lowest BCUT2D eigenvalue weighted by Crippen LogP contribution is -2.50. The molecule has 1 saturated heterocycles. The number of piperazine rings is 1. The van der Waals surface area contributed by atoms with E-state index in [1.165, 1.54) is 0 Å². The molecule has 0 radical (unpaired) electrons. The molecule has 1 N–H and O–H groups in total. The SMILES string of the molecule is COc1ccc(NC(=O)N2CCN(c3cccc(Cl)c3Cl)CC2)cc1. The van der Waals surface area contributed by atoms with Gasteiger partial charge in [0.2, 0.25) is 0 Å². The molecule has 0 atom stereocenters. The number of nitrogens with zero attached hydrogens (tertiary/aromatic N) is 2. The van der Waals surface area contributed by atoms with E-state index < -0.39 is 0 Å². The van der Waals surface area contributed by atoms with Crippen molar-refractivity contribution in [1.82, 2.24) is 4.90 Å². The molecule has 2 aromatic carbocycles. The standard InChI is InChI=1S/C18H19Cl2N3O2/c1-25-14-7-5-13(6-8-14)21-18(24)23-11-9-22(10-12-23)16-4-2-3-15(19)17(16)20/h2-8H,9-12H2,1H3,(H,21,24). The smallest absolute Gasteiger partial charge is 0.321 e. The molecule has 0 aliphatic carbocycles. The Balaban J connectivity index is 1.57. The maximum Gasteiger partial charge on any atom is 0.321 e. The van der Waals surface area contributed by atoms with Gasteiger partial charge in [0, 0.05) is 31.9 Å². The molecule has 2 amide bonds. The first kappa shape index (κ1) is 17.7. The topological polar surface area (TPSA) is 44.8 Å². The number of rotatable bonds is 3. The van der Waals surface area contributed by atoms with Crippen molar-refractivity contribution in [1.29, 1.82) is 0 Å². The summed E-state index contributed by atoms with van der Waals surface area (Å²) in [5, 5.41) is 4.00. The Bertz CT molecular complexity index is 744. The number of hydrogen-bond donors (Lipinski definition) is 1.